The third kappa shape index (κ3) is 3.45. The first kappa shape index (κ1) is 15.7. The van der Waals surface area contributed by atoms with Gasteiger partial charge in [0.05, 0.1) is 6.54 Å². The molecule has 0 spiro atoms. The summed E-state index contributed by atoms with van der Waals surface area (Å²) in [7, 11) is 0. The van der Waals surface area contributed by atoms with Crippen LogP contribution in [0.25, 0.3) is 0 Å². The molecular weight excluding hydrogens is 319 g/mol. The van der Waals surface area contributed by atoms with Crippen molar-refractivity contribution in [2.45, 2.75) is 19.4 Å². The van der Waals surface area contributed by atoms with Crippen LogP contribution in [0, 0.1) is 5.82 Å². The Morgan fingerprint density at radius 1 is 1.39 bits per heavy atom. The van der Waals surface area contributed by atoms with Gasteiger partial charge in [-0.2, -0.15) is 0 Å². The van der Waals surface area contributed by atoms with Gasteiger partial charge in [-0.1, -0.05) is 12.1 Å². The maximum atomic E-state index is 13.0. The lowest BCUT2D eigenvalue weighted by molar-refractivity contribution is -0.116. The number of aromatic nitrogens is 1. The van der Waals surface area contributed by atoms with Gasteiger partial charge in [0.25, 0.3) is 0 Å². The van der Waals surface area contributed by atoms with Gasteiger partial charge in [0.1, 0.15) is 23.5 Å². The number of hydrogen-bond acceptors (Lipinski definition) is 3. The number of amides is 1. The number of nitrogens with zero attached hydrogens (tertiary/aromatic N) is 2. The Kier molecular flexibility index (Phi) is 4.48. The number of anilines is 1. The van der Waals surface area contributed by atoms with Crippen LogP contribution in [0.2, 0.25) is 0 Å². The largest absolute Gasteiger partial charge is 0.471 e. The van der Waals surface area contributed by atoms with Crippen LogP contribution < -0.4 is 9.64 Å². The molecule has 4 nitrogen and oxygen atoms in total. The zero-order valence-corrected chi connectivity index (χ0v) is 13.4. The molecule has 0 N–H and O–H groups in total. The maximum absolute atomic E-state index is 13.0. The minimum absolute atomic E-state index is 0.0889. The van der Waals surface area contributed by atoms with Gasteiger partial charge in [0.15, 0.2) is 0 Å². The number of rotatable bonds is 3. The van der Waals surface area contributed by atoms with E-state index < -0.39 is 0 Å². The number of hydrogen-bond donors (Lipinski definition) is 0. The van der Waals surface area contributed by atoms with Crippen LogP contribution in [-0.2, 0) is 11.2 Å². The smallest absolute Gasteiger partial charge is 0.242 e. The third-order valence-electron chi connectivity index (χ3n) is 3.67. The average Bonchev–Trinajstić information content (AvgIpc) is 2.56. The van der Waals surface area contributed by atoms with E-state index in [-0.39, 0.29) is 23.7 Å². The Morgan fingerprint density at radius 2 is 2.13 bits per heavy atom. The molecule has 1 unspecified atom stereocenters. The Morgan fingerprint density at radius 3 is 2.83 bits per heavy atom. The molecule has 1 amide bonds. The Hall–Kier alpha value is -2.14. The van der Waals surface area contributed by atoms with Crippen molar-refractivity contribution in [2.24, 2.45) is 0 Å². The molecule has 3 rings (SSSR count). The molecular formula is C17H16ClFN2O2. The highest BCUT2D eigenvalue weighted by Gasteiger charge is 2.28. The van der Waals surface area contributed by atoms with Crippen molar-refractivity contribution >= 4 is 23.2 Å². The number of carbonyl (C=O) groups is 1. The topological polar surface area (TPSA) is 42.4 Å². The fourth-order valence-corrected chi connectivity index (χ4v) is 2.74. The second kappa shape index (κ2) is 6.54. The number of alkyl halides is 1. The molecule has 1 aromatic carbocycles. The lowest BCUT2D eigenvalue weighted by Crippen LogP contribution is -2.43. The van der Waals surface area contributed by atoms with Gasteiger partial charge in [0.2, 0.25) is 11.8 Å². The second-order valence-corrected chi connectivity index (χ2v) is 5.80. The van der Waals surface area contributed by atoms with E-state index in [0.717, 1.165) is 11.1 Å². The van der Waals surface area contributed by atoms with Gasteiger partial charge in [-0.05, 0) is 42.7 Å². The fourth-order valence-electron chi connectivity index (χ4n) is 2.59. The summed E-state index contributed by atoms with van der Waals surface area (Å²) < 4.78 is 18.7. The molecule has 23 heavy (non-hydrogen) atoms. The number of halogens is 2. The van der Waals surface area contributed by atoms with Crippen LogP contribution in [0.15, 0.2) is 36.5 Å². The van der Waals surface area contributed by atoms with E-state index in [1.54, 1.807) is 23.2 Å². The van der Waals surface area contributed by atoms with E-state index in [4.69, 9.17) is 16.3 Å². The molecule has 1 aliphatic heterocycles. The van der Waals surface area contributed by atoms with Gasteiger partial charge >= 0.3 is 0 Å². The SMILES string of the molecule is CC1CN(C(=O)CCl)c2cc(Cc3ccc(F)cc3)cnc2O1. The van der Waals surface area contributed by atoms with E-state index in [1.165, 1.54) is 12.1 Å². The predicted octanol–water partition coefficient (Wildman–Crippen LogP) is 3.16. The van der Waals surface area contributed by atoms with E-state index in [1.807, 2.05) is 13.0 Å². The summed E-state index contributed by atoms with van der Waals surface area (Å²) in [6, 6.07) is 8.19. The van der Waals surface area contributed by atoms with Crippen LogP contribution in [0.3, 0.4) is 0 Å². The van der Waals surface area contributed by atoms with Crippen molar-refractivity contribution < 1.29 is 13.9 Å². The molecule has 1 atom stereocenters. The maximum Gasteiger partial charge on any atom is 0.242 e. The minimum Gasteiger partial charge on any atom is -0.471 e. The predicted molar refractivity (Wildman–Crippen MR) is 86.6 cm³/mol. The molecule has 1 aliphatic rings. The van der Waals surface area contributed by atoms with Gasteiger partial charge in [-0.3, -0.25) is 4.79 Å². The van der Waals surface area contributed by atoms with E-state index in [9.17, 15) is 9.18 Å². The number of benzene rings is 1. The Labute approximate surface area is 138 Å². The molecule has 2 aromatic rings. The highest BCUT2D eigenvalue weighted by Crippen LogP contribution is 2.32. The van der Waals surface area contributed by atoms with Crippen molar-refractivity contribution in [3.8, 4) is 5.88 Å². The molecule has 0 aliphatic carbocycles. The number of fused-ring (bicyclic) bond motifs is 1. The molecule has 0 saturated heterocycles. The minimum atomic E-state index is -0.265. The average molecular weight is 335 g/mol. The van der Waals surface area contributed by atoms with E-state index in [2.05, 4.69) is 4.98 Å². The standard InChI is InChI=1S/C17H16ClFN2O2/c1-11-10-21(16(22)8-18)15-7-13(9-20-17(15)23-11)6-12-2-4-14(19)5-3-12/h2-5,7,9,11H,6,8,10H2,1H3. The molecule has 2 heterocycles. The molecule has 0 saturated carbocycles. The molecule has 0 radical (unpaired) electrons. The summed E-state index contributed by atoms with van der Waals surface area (Å²) in [5, 5.41) is 0. The molecule has 0 fully saturated rings. The summed E-state index contributed by atoms with van der Waals surface area (Å²) in [6.07, 6.45) is 2.17. The van der Waals surface area contributed by atoms with Crippen LogP contribution >= 0.6 is 11.6 Å². The summed E-state index contributed by atoms with van der Waals surface area (Å²) in [4.78, 5) is 18.0. The van der Waals surface area contributed by atoms with E-state index >= 15 is 0 Å². The van der Waals surface area contributed by atoms with Gasteiger partial charge in [0, 0.05) is 6.20 Å². The zero-order chi connectivity index (χ0) is 16.4. The van der Waals surface area contributed by atoms with Crippen LogP contribution in [-0.4, -0.2) is 29.4 Å². The number of pyridine rings is 1. The van der Waals surface area contributed by atoms with Crippen molar-refractivity contribution in [1.29, 1.82) is 0 Å². The third-order valence-corrected chi connectivity index (χ3v) is 3.90. The van der Waals surface area contributed by atoms with Crippen molar-refractivity contribution in [3.05, 3.63) is 53.5 Å². The normalized spacial score (nSPS) is 16.7. The summed E-state index contributed by atoms with van der Waals surface area (Å²) in [5.41, 5.74) is 2.52. The first-order chi connectivity index (χ1) is 11.1. The Bertz CT molecular complexity index is 721. The highest BCUT2D eigenvalue weighted by molar-refractivity contribution is 6.29. The van der Waals surface area contributed by atoms with E-state index in [0.29, 0.717) is 24.5 Å². The quantitative estimate of drug-likeness (QED) is 0.810. The van der Waals surface area contributed by atoms with Crippen molar-refractivity contribution in [3.63, 3.8) is 0 Å². The number of ether oxygens (including phenoxy) is 1. The first-order valence-electron chi connectivity index (χ1n) is 7.33. The fraction of sp³-hybridized carbons (Fsp3) is 0.294. The lowest BCUT2D eigenvalue weighted by atomic mass is 10.1. The number of carbonyl (C=O) groups excluding carboxylic acids is 1. The molecule has 0 bridgehead atoms. The van der Waals surface area contributed by atoms with Gasteiger partial charge in [-0.15, -0.1) is 11.6 Å². The first-order valence-corrected chi connectivity index (χ1v) is 7.86. The Balaban J connectivity index is 1.90. The van der Waals surface area contributed by atoms with Crippen molar-refractivity contribution in [1.82, 2.24) is 4.98 Å². The van der Waals surface area contributed by atoms with Gasteiger partial charge < -0.3 is 9.64 Å². The molecule has 1 aromatic heterocycles. The lowest BCUT2D eigenvalue weighted by Gasteiger charge is -2.32. The van der Waals surface area contributed by atoms with Crippen LogP contribution in [0.5, 0.6) is 5.88 Å². The van der Waals surface area contributed by atoms with Crippen LogP contribution in [0.4, 0.5) is 10.1 Å². The molecule has 120 valence electrons. The highest BCUT2D eigenvalue weighted by atomic mass is 35.5. The molecule has 6 heteroatoms. The summed E-state index contributed by atoms with van der Waals surface area (Å²) in [5.74, 6) is -0.0959. The second-order valence-electron chi connectivity index (χ2n) is 5.54. The monoisotopic (exact) mass is 334 g/mol. The summed E-state index contributed by atoms with van der Waals surface area (Å²) >= 11 is 5.70. The summed E-state index contributed by atoms with van der Waals surface area (Å²) in [6.45, 7) is 2.33. The van der Waals surface area contributed by atoms with Gasteiger partial charge in [-0.25, -0.2) is 9.37 Å². The van der Waals surface area contributed by atoms with Crippen LogP contribution in [0.1, 0.15) is 18.1 Å². The van der Waals surface area contributed by atoms with Crippen molar-refractivity contribution in [2.75, 3.05) is 17.3 Å². The zero-order valence-electron chi connectivity index (χ0n) is 12.6.